The Balaban J connectivity index is 2.00. The first-order chi connectivity index (χ1) is 10.1. The molecular formula is C16H17BrN2O2. The SMILES string of the molecule is COc1cc(NC(C)C(=O)Nc2ccccc2)ccc1Br. The molecule has 0 bridgehead atoms. The molecular weight excluding hydrogens is 332 g/mol. The van der Waals surface area contributed by atoms with E-state index in [1.165, 1.54) is 0 Å². The Labute approximate surface area is 132 Å². The van der Waals surface area contributed by atoms with Crippen LogP contribution in [-0.4, -0.2) is 19.1 Å². The number of amides is 1. The third kappa shape index (κ3) is 4.23. The Hall–Kier alpha value is -2.01. The van der Waals surface area contributed by atoms with E-state index in [9.17, 15) is 4.79 Å². The lowest BCUT2D eigenvalue weighted by Crippen LogP contribution is -2.31. The van der Waals surface area contributed by atoms with Gasteiger partial charge in [0, 0.05) is 17.4 Å². The van der Waals surface area contributed by atoms with Crippen molar-refractivity contribution in [2.24, 2.45) is 0 Å². The van der Waals surface area contributed by atoms with E-state index in [0.717, 1.165) is 21.6 Å². The zero-order valence-electron chi connectivity index (χ0n) is 11.9. The fourth-order valence-electron chi connectivity index (χ4n) is 1.84. The molecule has 1 unspecified atom stereocenters. The van der Waals surface area contributed by atoms with E-state index in [2.05, 4.69) is 26.6 Å². The van der Waals surface area contributed by atoms with Crippen LogP contribution in [0.2, 0.25) is 0 Å². The lowest BCUT2D eigenvalue weighted by molar-refractivity contribution is -0.116. The predicted octanol–water partition coefficient (Wildman–Crippen LogP) is 3.90. The van der Waals surface area contributed by atoms with Crippen molar-refractivity contribution in [1.82, 2.24) is 0 Å². The highest BCUT2D eigenvalue weighted by atomic mass is 79.9. The Bertz CT molecular complexity index is 617. The zero-order chi connectivity index (χ0) is 15.2. The van der Waals surface area contributed by atoms with Crippen LogP contribution < -0.4 is 15.4 Å². The molecule has 2 aromatic rings. The molecule has 2 aromatic carbocycles. The molecule has 21 heavy (non-hydrogen) atoms. The molecule has 1 atom stereocenters. The largest absolute Gasteiger partial charge is 0.495 e. The third-order valence-electron chi connectivity index (χ3n) is 2.97. The summed E-state index contributed by atoms with van der Waals surface area (Å²) in [4.78, 5) is 12.1. The summed E-state index contributed by atoms with van der Waals surface area (Å²) < 4.78 is 6.11. The van der Waals surface area contributed by atoms with Crippen molar-refractivity contribution in [2.45, 2.75) is 13.0 Å². The number of benzene rings is 2. The first-order valence-electron chi connectivity index (χ1n) is 6.56. The molecule has 0 heterocycles. The molecule has 5 heteroatoms. The van der Waals surface area contributed by atoms with Crippen LogP contribution >= 0.6 is 15.9 Å². The monoisotopic (exact) mass is 348 g/mol. The predicted molar refractivity (Wildman–Crippen MR) is 88.9 cm³/mol. The summed E-state index contributed by atoms with van der Waals surface area (Å²) in [7, 11) is 1.61. The molecule has 2 N–H and O–H groups in total. The number of hydrogen-bond acceptors (Lipinski definition) is 3. The molecule has 4 nitrogen and oxygen atoms in total. The fourth-order valence-corrected chi connectivity index (χ4v) is 2.25. The summed E-state index contributed by atoms with van der Waals surface area (Å²) in [5, 5.41) is 6.01. The number of para-hydroxylation sites is 1. The summed E-state index contributed by atoms with van der Waals surface area (Å²) >= 11 is 3.40. The second kappa shape index (κ2) is 7.13. The van der Waals surface area contributed by atoms with Crippen LogP contribution in [0.25, 0.3) is 0 Å². The third-order valence-corrected chi connectivity index (χ3v) is 3.62. The average Bonchev–Trinajstić information content (AvgIpc) is 2.50. The number of carbonyl (C=O) groups excluding carboxylic acids is 1. The van der Waals surface area contributed by atoms with E-state index >= 15 is 0 Å². The molecule has 0 aromatic heterocycles. The number of methoxy groups -OCH3 is 1. The standard InChI is InChI=1S/C16H17BrN2O2/c1-11(16(20)19-12-6-4-3-5-7-12)18-13-8-9-14(17)15(10-13)21-2/h3-11,18H,1-2H3,(H,19,20). The molecule has 0 aliphatic heterocycles. The van der Waals surface area contributed by atoms with E-state index in [0.29, 0.717) is 0 Å². The summed E-state index contributed by atoms with van der Waals surface area (Å²) in [6.45, 7) is 1.81. The molecule has 110 valence electrons. The number of hydrogen-bond donors (Lipinski definition) is 2. The van der Waals surface area contributed by atoms with Crippen molar-refractivity contribution in [3.05, 3.63) is 53.0 Å². The number of ether oxygens (including phenoxy) is 1. The number of carbonyl (C=O) groups is 1. The lowest BCUT2D eigenvalue weighted by Gasteiger charge is -2.16. The maximum Gasteiger partial charge on any atom is 0.246 e. The van der Waals surface area contributed by atoms with Crippen molar-refractivity contribution in [2.75, 3.05) is 17.7 Å². The van der Waals surface area contributed by atoms with Gasteiger partial charge in [-0.1, -0.05) is 18.2 Å². The van der Waals surface area contributed by atoms with E-state index in [1.807, 2.05) is 55.5 Å². The van der Waals surface area contributed by atoms with Gasteiger partial charge in [-0.25, -0.2) is 0 Å². The molecule has 0 saturated heterocycles. The van der Waals surface area contributed by atoms with Gasteiger partial charge >= 0.3 is 0 Å². The first-order valence-corrected chi connectivity index (χ1v) is 7.35. The van der Waals surface area contributed by atoms with Gasteiger partial charge in [0.1, 0.15) is 11.8 Å². The smallest absolute Gasteiger partial charge is 0.246 e. The zero-order valence-corrected chi connectivity index (χ0v) is 13.5. The van der Waals surface area contributed by atoms with Crippen LogP contribution in [0.5, 0.6) is 5.75 Å². The maximum atomic E-state index is 12.1. The number of halogens is 1. The van der Waals surface area contributed by atoms with Gasteiger partial charge < -0.3 is 15.4 Å². The minimum absolute atomic E-state index is 0.0944. The molecule has 0 saturated carbocycles. The van der Waals surface area contributed by atoms with Crippen molar-refractivity contribution < 1.29 is 9.53 Å². The highest BCUT2D eigenvalue weighted by Crippen LogP contribution is 2.28. The van der Waals surface area contributed by atoms with Crippen molar-refractivity contribution in [3.63, 3.8) is 0 Å². The van der Waals surface area contributed by atoms with Crippen molar-refractivity contribution in [3.8, 4) is 5.75 Å². The van der Waals surface area contributed by atoms with E-state index in [-0.39, 0.29) is 11.9 Å². The van der Waals surface area contributed by atoms with Gasteiger partial charge in [0.15, 0.2) is 0 Å². The Morgan fingerprint density at radius 1 is 1.14 bits per heavy atom. The highest BCUT2D eigenvalue weighted by molar-refractivity contribution is 9.10. The van der Waals surface area contributed by atoms with E-state index in [4.69, 9.17) is 4.74 Å². The average molecular weight is 349 g/mol. The highest BCUT2D eigenvalue weighted by Gasteiger charge is 2.13. The Morgan fingerprint density at radius 3 is 2.52 bits per heavy atom. The van der Waals surface area contributed by atoms with Crippen molar-refractivity contribution >= 4 is 33.2 Å². The maximum absolute atomic E-state index is 12.1. The molecule has 2 rings (SSSR count). The summed E-state index contributed by atoms with van der Waals surface area (Å²) in [5.41, 5.74) is 1.61. The first kappa shape index (κ1) is 15.4. The van der Waals surface area contributed by atoms with Crippen molar-refractivity contribution in [1.29, 1.82) is 0 Å². The summed E-state index contributed by atoms with van der Waals surface area (Å²) in [6, 6.07) is 14.6. The van der Waals surface area contributed by atoms with Crippen LogP contribution in [0.3, 0.4) is 0 Å². The molecule has 0 aliphatic rings. The van der Waals surface area contributed by atoms with Gasteiger partial charge in [0.25, 0.3) is 0 Å². The molecule has 0 spiro atoms. The van der Waals surface area contributed by atoms with E-state index in [1.54, 1.807) is 7.11 Å². The van der Waals surface area contributed by atoms with Gasteiger partial charge in [0.2, 0.25) is 5.91 Å². The molecule has 0 aliphatic carbocycles. The topological polar surface area (TPSA) is 50.4 Å². The van der Waals surface area contributed by atoms with Gasteiger partial charge in [-0.15, -0.1) is 0 Å². The second-order valence-electron chi connectivity index (χ2n) is 4.57. The summed E-state index contributed by atoms with van der Waals surface area (Å²) in [5.74, 6) is 0.624. The number of nitrogens with one attached hydrogen (secondary N) is 2. The van der Waals surface area contributed by atoms with Crippen LogP contribution in [0.15, 0.2) is 53.0 Å². The van der Waals surface area contributed by atoms with Gasteiger partial charge in [-0.3, -0.25) is 4.79 Å². The van der Waals surface area contributed by atoms with Gasteiger partial charge in [-0.2, -0.15) is 0 Å². The molecule has 1 amide bonds. The normalized spacial score (nSPS) is 11.6. The van der Waals surface area contributed by atoms with Gasteiger partial charge in [-0.05, 0) is 47.1 Å². The fraction of sp³-hybridized carbons (Fsp3) is 0.188. The Morgan fingerprint density at radius 2 is 1.86 bits per heavy atom. The minimum atomic E-state index is -0.365. The molecule has 0 fully saturated rings. The lowest BCUT2D eigenvalue weighted by atomic mass is 10.2. The van der Waals surface area contributed by atoms with E-state index < -0.39 is 0 Å². The number of rotatable bonds is 5. The summed E-state index contributed by atoms with van der Waals surface area (Å²) in [6.07, 6.45) is 0. The second-order valence-corrected chi connectivity index (χ2v) is 5.42. The van der Waals surface area contributed by atoms with Crippen LogP contribution in [0.4, 0.5) is 11.4 Å². The number of anilines is 2. The quantitative estimate of drug-likeness (QED) is 0.861. The van der Waals surface area contributed by atoms with Crippen LogP contribution in [0.1, 0.15) is 6.92 Å². The van der Waals surface area contributed by atoms with Crippen LogP contribution in [-0.2, 0) is 4.79 Å². The molecule has 0 radical (unpaired) electrons. The van der Waals surface area contributed by atoms with Crippen LogP contribution in [0, 0.1) is 0 Å². The Kier molecular flexibility index (Phi) is 5.22. The minimum Gasteiger partial charge on any atom is -0.495 e. The van der Waals surface area contributed by atoms with Gasteiger partial charge in [0.05, 0.1) is 11.6 Å².